The molecule has 28 heavy (non-hydrogen) atoms. The summed E-state index contributed by atoms with van der Waals surface area (Å²) in [7, 11) is 0. The molecule has 1 aromatic carbocycles. The van der Waals surface area contributed by atoms with Crippen LogP contribution in [0.15, 0.2) is 24.3 Å². The molecule has 1 aliphatic carbocycles. The van der Waals surface area contributed by atoms with Crippen LogP contribution in [0.2, 0.25) is 0 Å². The fraction of sp³-hybridized carbons (Fsp3) is 0.680. The lowest BCUT2D eigenvalue weighted by Crippen LogP contribution is -2.13. The van der Waals surface area contributed by atoms with Gasteiger partial charge in [0.15, 0.2) is 0 Å². The molecule has 1 saturated carbocycles. The third-order valence-corrected chi connectivity index (χ3v) is 6.32. The molecule has 0 amide bonds. The van der Waals surface area contributed by atoms with Crippen LogP contribution in [0.4, 0.5) is 13.2 Å². The van der Waals surface area contributed by atoms with Crippen molar-refractivity contribution in [3.63, 3.8) is 0 Å². The van der Waals surface area contributed by atoms with E-state index in [-0.39, 0.29) is 5.56 Å². The largest absolute Gasteiger partial charge is 0.271 e. The number of benzene rings is 1. The first-order valence-electron chi connectivity index (χ1n) is 11.4. The third kappa shape index (κ3) is 8.41. The molecule has 1 aromatic rings. The predicted molar refractivity (Wildman–Crippen MR) is 113 cm³/mol. The van der Waals surface area contributed by atoms with Crippen LogP contribution in [-0.4, -0.2) is 0 Å². The minimum atomic E-state index is -1.86. The minimum absolute atomic E-state index is 0.0252. The molecule has 0 unspecified atom stereocenters. The Labute approximate surface area is 169 Å². The van der Waals surface area contributed by atoms with Crippen LogP contribution in [0, 0.1) is 11.7 Å². The van der Waals surface area contributed by atoms with Crippen molar-refractivity contribution in [2.24, 2.45) is 5.92 Å². The molecule has 0 radical (unpaired) electrons. The lowest BCUT2D eigenvalue weighted by molar-refractivity contribution is 0.301. The van der Waals surface area contributed by atoms with E-state index in [2.05, 4.69) is 6.92 Å². The number of rotatable bonds is 12. The Balaban J connectivity index is 1.61. The van der Waals surface area contributed by atoms with E-state index in [1.165, 1.54) is 89.2 Å². The summed E-state index contributed by atoms with van der Waals surface area (Å²) in [6.45, 7) is 2.26. The van der Waals surface area contributed by atoms with Gasteiger partial charge in [0, 0.05) is 11.6 Å². The molecule has 158 valence electrons. The minimum Gasteiger partial charge on any atom is -0.206 e. The number of hydrogen-bond acceptors (Lipinski definition) is 0. The lowest BCUT2D eigenvalue weighted by Gasteiger charge is -2.29. The molecule has 2 rings (SSSR count). The fourth-order valence-corrected chi connectivity index (χ4v) is 4.56. The van der Waals surface area contributed by atoms with Crippen molar-refractivity contribution in [1.82, 2.24) is 0 Å². The van der Waals surface area contributed by atoms with Gasteiger partial charge in [-0.25, -0.2) is 4.39 Å². The fourth-order valence-electron chi connectivity index (χ4n) is 4.56. The molecule has 0 heterocycles. The zero-order chi connectivity index (χ0) is 20.2. The zero-order valence-electron chi connectivity index (χ0n) is 17.5. The van der Waals surface area contributed by atoms with E-state index >= 15 is 0 Å². The van der Waals surface area contributed by atoms with E-state index in [9.17, 15) is 13.2 Å². The second kappa shape index (κ2) is 13.1. The third-order valence-electron chi connectivity index (χ3n) is 6.32. The summed E-state index contributed by atoms with van der Waals surface area (Å²) in [5.74, 6) is 0.651. The second-order valence-corrected chi connectivity index (χ2v) is 8.55. The first-order valence-corrected chi connectivity index (χ1v) is 11.4. The highest BCUT2D eigenvalue weighted by molar-refractivity contribution is 5.51. The van der Waals surface area contributed by atoms with Crippen molar-refractivity contribution in [3.05, 3.63) is 41.2 Å². The maximum absolute atomic E-state index is 14.0. The zero-order valence-corrected chi connectivity index (χ0v) is 17.5. The van der Waals surface area contributed by atoms with Gasteiger partial charge in [0.2, 0.25) is 0 Å². The quantitative estimate of drug-likeness (QED) is 0.310. The molecule has 0 bridgehead atoms. The Morgan fingerprint density at radius 3 is 2.07 bits per heavy atom. The van der Waals surface area contributed by atoms with Crippen molar-refractivity contribution >= 4 is 6.08 Å². The molecule has 0 atom stereocenters. The molecule has 0 N–H and O–H groups in total. The molecular formula is C25H37F3. The van der Waals surface area contributed by atoms with Crippen LogP contribution in [0.1, 0.15) is 114 Å². The van der Waals surface area contributed by atoms with E-state index in [1.54, 1.807) is 0 Å². The monoisotopic (exact) mass is 394 g/mol. The molecule has 3 heteroatoms. The van der Waals surface area contributed by atoms with Crippen molar-refractivity contribution in [1.29, 1.82) is 0 Å². The van der Waals surface area contributed by atoms with Crippen LogP contribution in [0.3, 0.4) is 0 Å². The molecular weight excluding hydrogens is 357 g/mol. The molecule has 0 aliphatic heterocycles. The van der Waals surface area contributed by atoms with Gasteiger partial charge >= 0.3 is 0 Å². The van der Waals surface area contributed by atoms with Gasteiger partial charge in [-0.2, -0.15) is 8.78 Å². The highest BCUT2D eigenvalue weighted by Crippen LogP contribution is 2.38. The van der Waals surface area contributed by atoms with E-state index in [0.717, 1.165) is 24.3 Å². The molecule has 1 fully saturated rings. The summed E-state index contributed by atoms with van der Waals surface area (Å²) < 4.78 is 38.7. The second-order valence-electron chi connectivity index (χ2n) is 8.55. The first kappa shape index (κ1) is 23.0. The smallest absolute Gasteiger partial charge is 0.206 e. The van der Waals surface area contributed by atoms with Gasteiger partial charge in [0.1, 0.15) is 5.82 Å². The van der Waals surface area contributed by atoms with Gasteiger partial charge < -0.3 is 0 Å². The van der Waals surface area contributed by atoms with Crippen LogP contribution < -0.4 is 0 Å². The highest BCUT2D eigenvalue weighted by Gasteiger charge is 2.22. The molecule has 0 aromatic heterocycles. The summed E-state index contributed by atoms with van der Waals surface area (Å²) in [5, 5.41) is 0. The Kier molecular flexibility index (Phi) is 10.7. The average molecular weight is 395 g/mol. The normalized spacial score (nSPS) is 19.6. The Morgan fingerprint density at radius 2 is 1.50 bits per heavy atom. The summed E-state index contributed by atoms with van der Waals surface area (Å²) in [4.78, 5) is 0. The molecule has 0 nitrogen and oxygen atoms in total. The van der Waals surface area contributed by atoms with Crippen LogP contribution >= 0.6 is 0 Å². The van der Waals surface area contributed by atoms with Gasteiger partial charge in [-0.15, -0.1) is 0 Å². The summed E-state index contributed by atoms with van der Waals surface area (Å²) in [6, 6.07) is 4.77. The van der Waals surface area contributed by atoms with E-state index < -0.39 is 11.9 Å². The van der Waals surface area contributed by atoms with Crippen molar-refractivity contribution in [2.75, 3.05) is 0 Å². The lowest BCUT2D eigenvalue weighted by atomic mass is 9.77. The van der Waals surface area contributed by atoms with E-state index in [1.807, 2.05) is 6.07 Å². The highest BCUT2D eigenvalue weighted by atomic mass is 19.3. The average Bonchev–Trinajstić information content (AvgIpc) is 2.68. The summed E-state index contributed by atoms with van der Waals surface area (Å²) >= 11 is 0. The summed E-state index contributed by atoms with van der Waals surface area (Å²) in [6.07, 6.45) is 17.0. The molecule has 0 saturated heterocycles. The van der Waals surface area contributed by atoms with Gasteiger partial charge in [-0.1, -0.05) is 83.3 Å². The van der Waals surface area contributed by atoms with E-state index in [0.29, 0.717) is 12.0 Å². The van der Waals surface area contributed by atoms with E-state index in [4.69, 9.17) is 0 Å². The Bertz CT molecular complexity index is 581. The van der Waals surface area contributed by atoms with Gasteiger partial charge in [-0.05, 0) is 49.1 Å². The van der Waals surface area contributed by atoms with Crippen molar-refractivity contribution in [3.8, 4) is 0 Å². The topological polar surface area (TPSA) is 0 Å². The molecule has 0 spiro atoms. The van der Waals surface area contributed by atoms with Crippen molar-refractivity contribution in [2.45, 2.75) is 103 Å². The molecule has 1 aliphatic rings. The van der Waals surface area contributed by atoms with Crippen LogP contribution in [0.5, 0.6) is 0 Å². The number of hydrogen-bond donors (Lipinski definition) is 0. The maximum Gasteiger partial charge on any atom is 0.271 e. The Morgan fingerprint density at radius 1 is 0.893 bits per heavy atom. The van der Waals surface area contributed by atoms with Crippen LogP contribution in [0.25, 0.3) is 6.08 Å². The van der Waals surface area contributed by atoms with Crippen LogP contribution in [-0.2, 0) is 0 Å². The van der Waals surface area contributed by atoms with Gasteiger partial charge in [0.05, 0.1) is 0 Å². The predicted octanol–water partition coefficient (Wildman–Crippen LogP) is 9.26. The van der Waals surface area contributed by atoms with Gasteiger partial charge in [-0.3, -0.25) is 0 Å². The Hall–Kier alpha value is -1.25. The van der Waals surface area contributed by atoms with Crippen molar-refractivity contribution < 1.29 is 13.2 Å². The maximum atomic E-state index is 14.0. The SMILES string of the molecule is CCCCCCCCCCCC1CCC(c2ccc(C=C(F)F)c(F)c2)CC1. The first-order chi connectivity index (χ1) is 13.6. The number of halogens is 3. The standard InChI is InChI=1S/C25H37F3/c1-2-3-4-5-6-7-8-9-10-11-20-12-14-21(15-13-20)22-16-17-23(19-25(27)28)24(26)18-22/h16-21H,2-15H2,1H3. The summed E-state index contributed by atoms with van der Waals surface area (Å²) in [5.41, 5.74) is 0.943. The van der Waals surface area contributed by atoms with Gasteiger partial charge in [0.25, 0.3) is 6.08 Å². The number of unbranched alkanes of at least 4 members (excludes halogenated alkanes) is 8.